The van der Waals surface area contributed by atoms with Crippen molar-refractivity contribution in [1.82, 2.24) is 10.0 Å². The fraction of sp³-hybridized carbons (Fsp3) is 0.387. The molecule has 4 unspecified atom stereocenters. The Hall–Kier alpha value is -2.60. The van der Waals surface area contributed by atoms with Crippen LogP contribution in [0, 0.1) is 11.8 Å². The van der Waals surface area contributed by atoms with Crippen LogP contribution >= 0.6 is 11.9 Å². The van der Waals surface area contributed by atoms with Crippen molar-refractivity contribution < 1.29 is 9.90 Å². The molecule has 0 saturated heterocycles. The Morgan fingerprint density at radius 3 is 2.28 bits per heavy atom. The number of hydrogen-bond donors (Lipinski definition) is 3. The van der Waals surface area contributed by atoms with Gasteiger partial charge >= 0.3 is 0 Å². The van der Waals surface area contributed by atoms with Gasteiger partial charge in [-0.1, -0.05) is 100.0 Å². The van der Waals surface area contributed by atoms with Crippen LogP contribution in [-0.4, -0.2) is 23.7 Å². The van der Waals surface area contributed by atoms with Crippen molar-refractivity contribution in [3.8, 4) is 0 Å². The minimum absolute atomic E-state index is 0.0159. The summed E-state index contributed by atoms with van der Waals surface area (Å²) in [6.45, 7) is 7.25. The van der Waals surface area contributed by atoms with Crippen molar-refractivity contribution in [2.75, 3.05) is 6.54 Å². The fourth-order valence-corrected chi connectivity index (χ4v) is 5.35. The topological polar surface area (TPSA) is 61.4 Å². The Bertz CT molecular complexity index is 1040. The molecular formula is C31H40N2O2S. The van der Waals surface area contributed by atoms with E-state index in [0.717, 1.165) is 29.7 Å². The first-order chi connectivity index (χ1) is 17.5. The monoisotopic (exact) mass is 504 g/mol. The van der Waals surface area contributed by atoms with Gasteiger partial charge < -0.3 is 10.4 Å². The number of hydrogen-bond acceptors (Lipinski definition) is 4. The molecule has 4 nitrogen and oxygen atoms in total. The maximum absolute atomic E-state index is 13.4. The standard InChI is InChI=1S/C28H32N2O2S.C3H8/c1-20(19-29-33-24-13-6-3-7-14-24)16-23(17-21-10-4-2-5-11-21)28(32)30-27-25-15-9-8-12-22(25)18-26(27)31;1-3-2/h2-15,20,23,26-27,29,31H,16-19H2,1H3,(H,30,32);3H2,1-2H3. The molecule has 4 atom stereocenters. The van der Waals surface area contributed by atoms with Crippen LogP contribution in [-0.2, 0) is 17.6 Å². The Morgan fingerprint density at radius 1 is 0.972 bits per heavy atom. The third kappa shape index (κ3) is 8.51. The van der Waals surface area contributed by atoms with Crippen LogP contribution in [0.15, 0.2) is 89.8 Å². The van der Waals surface area contributed by atoms with Crippen LogP contribution in [0.3, 0.4) is 0 Å². The average Bonchev–Trinajstić information content (AvgIpc) is 3.20. The summed E-state index contributed by atoms with van der Waals surface area (Å²) in [5.74, 6) is 0.175. The molecule has 3 aromatic rings. The van der Waals surface area contributed by atoms with Crippen molar-refractivity contribution in [2.45, 2.75) is 63.5 Å². The smallest absolute Gasteiger partial charge is 0.224 e. The number of fused-ring (bicyclic) bond motifs is 1. The number of carbonyl (C=O) groups excluding carboxylic acids is 1. The quantitative estimate of drug-likeness (QED) is 0.281. The lowest BCUT2D eigenvalue weighted by molar-refractivity contribution is -0.127. The average molecular weight is 505 g/mol. The van der Waals surface area contributed by atoms with Crippen molar-refractivity contribution in [3.63, 3.8) is 0 Å². The molecule has 0 heterocycles. The molecule has 3 N–H and O–H groups in total. The largest absolute Gasteiger partial charge is 0.390 e. The SMILES string of the molecule is CC(CNSc1ccccc1)CC(Cc1ccccc1)C(=O)NC1c2ccccc2CC1O.CCC. The van der Waals surface area contributed by atoms with E-state index < -0.39 is 6.10 Å². The van der Waals surface area contributed by atoms with Crippen LogP contribution in [0.2, 0.25) is 0 Å². The van der Waals surface area contributed by atoms with Gasteiger partial charge in [-0.15, -0.1) is 0 Å². The second kappa shape index (κ2) is 14.8. The Balaban J connectivity index is 0.00000115. The van der Waals surface area contributed by atoms with Crippen molar-refractivity contribution in [2.24, 2.45) is 11.8 Å². The number of rotatable bonds is 10. The molecule has 0 bridgehead atoms. The van der Waals surface area contributed by atoms with Crippen LogP contribution in [0.25, 0.3) is 0 Å². The van der Waals surface area contributed by atoms with Gasteiger partial charge in [0.15, 0.2) is 0 Å². The molecule has 3 aromatic carbocycles. The van der Waals surface area contributed by atoms with E-state index in [0.29, 0.717) is 18.8 Å². The lowest BCUT2D eigenvalue weighted by Gasteiger charge is -2.25. The molecule has 0 saturated carbocycles. The number of carbonyl (C=O) groups is 1. The predicted octanol–water partition coefficient (Wildman–Crippen LogP) is 6.36. The molecule has 4 rings (SSSR count). The second-order valence-electron chi connectivity index (χ2n) is 9.65. The van der Waals surface area contributed by atoms with Crippen LogP contribution in [0.1, 0.15) is 56.3 Å². The van der Waals surface area contributed by atoms with E-state index in [2.05, 4.69) is 55.1 Å². The molecule has 0 aromatic heterocycles. The van der Waals surface area contributed by atoms with Gasteiger partial charge in [0.1, 0.15) is 0 Å². The minimum Gasteiger partial charge on any atom is -0.390 e. The van der Waals surface area contributed by atoms with Gasteiger partial charge in [0.2, 0.25) is 5.91 Å². The molecular weight excluding hydrogens is 464 g/mol. The summed E-state index contributed by atoms with van der Waals surface area (Å²) in [4.78, 5) is 14.6. The minimum atomic E-state index is -0.579. The van der Waals surface area contributed by atoms with E-state index in [4.69, 9.17) is 0 Å². The van der Waals surface area contributed by atoms with Gasteiger partial charge in [-0.2, -0.15) is 0 Å². The Morgan fingerprint density at radius 2 is 1.58 bits per heavy atom. The van der Waals surface area contributed by atoms with Crippen LogP contribution in [0.5, 0.6) is 0 Å². The van der Waals surface area contributed by atoms with Gasteiger partial charge in [-0.3, -0.25) is 9.52 Å². The Labute approximate surface area is 221 Å². The molecule has 0 aliphatic heterocycles. The maximum Gasteiger partial charge on any atom is 0.224 e. The van der Waals surface area contributed by atoms with Gasteiger partial charge in [-0.05, 0) is 59.5 Å². The lowest BCUT2D eigenvalue weighted by atomic mass is 9.89. The molecule has 0 spiro atoms. The second-order valence-corrected chi connectivity index (χ2v) is 10.6. The molecule has 0 fully saturated rings. The normalized spacial score (nSPS) is 17.9. The highest BCUT2D eigenvalue weighted by Gasteiger charge is 2.33. The predicted molar refractivity (Wildman–Crippen MR) is 151 cm³/mol. The highest BCUT2D eigenvalue weighted by atomic mass is 32.2. The zero-order valence-electron chi connectivity index (χ0n) is 21.7. The van der Waals surface area contributed by atoms with E-state index in [1.54, 1.807) is 11.9 Å². The third-order valence-corrected chi connectivity index (χ3v) is 7.07. The van der Waals surface area contributed by atoms with E-state index in [1.807, 2.05) is 60.7 Å². The molecule has 1 aliphatic rings. The van der Waals surface area contributed by atoms with Crippen molar-refractivity contribution >= 4 is 17.9 Å². The van der Waals surface area contributed by atoms with Crippen molar-refractivity contribution in [3.05, 3.63) is 102 Å². The van der Waals surface area contributed by atoms with E-state index in [-0.39, 0.29) is 17.9 Å². The molecule has 36 heavy (non-hydrogen) atoms. The summed E-state index contributed by atoms with van der Waals surface area (Å²) in [6.07, 6.45) is 2.72. The first-order valence-corrected chi connectivity index (χ1v) is 13.9. The zero-order valence-corrected chi connectivity index (χ0v) is 22.5. The fourth-order valence-electron chi connectivity index (χ4n) is 4.53. The number of benzene rings is 3. The first-order valence-electron chi connectivity index (χ1n) is 13.1. The van der Waals surface area contributed by atoms with Gasteiger partial charge in [0.25, 0.3) is 0 Å². The highest BCUT2D eigenvalue weighted by molar-refractivity contribution is 7.97. The maximum atomic E-state index is 13.4. The highest BCUT2D eigenvalue weighted by Crippen LogP contribution is 2.32. The number of aliphatic hydroxyl groups excluding tert-OH is 1. The lowest BCUT2D eigenvalue weighted by Crippen LogP contribution is -2.39. The Kier molecular flexibility index (Phi) is 11.5. The number of amides is 1. The van der Waals surface area contributed by atoms with Gasteiger partial charge in [-0.25, -0.2) is 0 Å². The third-order valence-electron chi connectivity index (χ3n) is 6.25. The van der Waals surface area contributed by atoms with Crippen LogP contribution < -0.4 is 10.0 Å². The van der Waals surface area contributed by atoms with E-state index in [9.17, 15) is 9.90 Å². The first kappa shape index (κ1) is 28.0. The molecule has 1 aliphatic carbocycles. The molecule has 1 amide bonds. The molecule has 0 radical (unpaired) electrons. The van der Waals surface area contributed by atoms with Gasteiger partial charge in [0.05, 0.1) is 12.1 Å². The van der Waals surface area contributed by atoms with Crippen molar-refractivity contribution in [1.29, 1.82) is 0 Å². The summed E-state index contributed by atoms with van der Waals surface area (Å²) in [7, 11) is 0. The number of nitrogens with one attached hydrogen (secondary N) is 2. The number of aliphatic hydroxyl groups is 1. The van der Waals surface area contributed by atoms with E-state index >= 15 is 0 Å². The summed E-state index contributed by atoms with van der Waals surface area (Å²) in [5.41, 5.74) is 3.31. The molecule has 5 heteroatoms. The summed E-state index contributed by atoms with van der Waals surface area (Å²) >= 11 is 1.62. The summed E-state index contributed by atoms with van der Waals surface area (Å²) in [6, 6.07) is 28.1. The van der Waals surface area contributed by atoms with E-state index in [1.165, 1.54) is 11.3 Å². The molecule has 192 valence electrons. The summed E-state index contributed by atoms with van der Waals surface area (Å²) in [5, 5.41) is 13.8. The van der Waals surface area contributed by atoms with Crippen LogP contribution in [0.4, 0.5) is 0 Å². The summed E-state index contributed by atoms with van der Waals surface area (Å²) < 4.78 is 3.45. The van der Waals surface area contributed by atoms with Gasteiger partial charge in [0, 0.05) is 23.8 Å². The zero-order chi connectivity index (χ0) is 25.8.